The number of rotatable bonds is 2. The quantitative estimate of drug-likeness (QED) is 0.881. The Morgan fingerprint density at radius 2 is 2.22 bits per heavy atom. The standard InChI is InChI=1S/C11H16N2O3S2/c1-8-6-10(17-7-8)18(15,16)13-5-3-4-12-11(14)9(13)2/h6-7,9H,3-5H2,1-2H3,(H,12,14). The van der Waals surface area contributed by atoms with Gasteiger partial charge >= 0.3 is 0 Å². The summed E-state index contributed by atoms with van der Waals surface area (Å²) in [5.74, 6) is -0.232. The lowest BCUT2D eigenvalue weighted by molar-refractivity contribution is -0.123. The molecular weight excluding hydrogens is 272 g/mol. The molecule has 0 radical (unpaired) electrons. The van der Waals surface area contributed by atoms with E-state index in [2.05, 4.69) is 5.32 Å². The summed E-state index contributed by atoms with van der Waals surface area (Å²) in [6.45, 7) is 4.38. The minimum Gasteiger partial charge on any atom is -0.355 e. The van der Waals surface area contributed by atoms with Gasteiger partial charge in [0.2, 0.25) is 5.91 Å². The lowest BCUT2D eigenvalue weighted by Gasteiger charge is -2.23. The molecule has 1 saturated heterocycles. The first-order valence-electron chi connectivity index (χ1n) is 5.77. The van der Waals surface area contributed by atoms with Gasteiger partial charge in [0.1, 0.15) is 10.3 Å². The average molecular weight is 288 g/mol. The van der Waals surface area contributed by atoms with Crippen LogP contribution in [0.5, 0.6) is 0 Å². The van der Waals surface area contributed by atoms with Gasteiger partial charge < -0.3 is 5.32 Å². The highest BCUT2D eigenvalue weighted by Crippen LogP contribution is 2.25. The predicted octanol–water partition coefficient (Wildman–Crippen LogP) is 0.956. The Bertz CT molecular complexity index is 550. The lowest BCUT2D eigenvalue weighted by Crippen LogP contribution is -2.44. The van der Waals surface area contributed by atoms with Gasteiger partial charge in [-0.3, -0.25) is 4.79 Å². The third-order valence-corrected chi connectivity index (χ3v) is 6.44. The summed E-state index contributed by atoms with van der Waals surface area (Å²) < 4.78 is 26.5. The number of nitrogens with zero attached hydrogens (tertiary/aromatic N) is 1. The van der Waals surface area contributed by atoms with Crippen LogP contribution in [0.2, 0.25) is 0 Å². The number of thiophene rings is 1. The molecule has 1 aliphatic heterocycles. The van der Waals surface area contributed by atoms with Crippen LogP contribution in [0.3, 0.4) is 0 Å². The third kappa shape index (κ3) is 2.43. The number of hydrogen-bond acceptors (Lipinski definition) is 4. The van der Waals surface area contributed by atoms with Crippen molar-refractivity contribution >= 4 is 27.3 Å². The molecule has 1 atom stereocenters. The second kappa shape index (κ2) is 4.99. The zero-order valence-corrected chi connectivity index (χ0v) is 12.0. The summed E-state index contributed by atoms with van der Waals surface area (Å²) >= 11 is 1.20. The maximum absolute atomic E-state index is 12.5. The minimum atomic E-state index is -3.56. The smallest absolute Gasteiger partial charge is 0.253 e. The fourth-order valence-corrected chi connectivity index (χ4v) is 4.89. The molecule has 1 aromatic heterocycles. The number of aryl methyl sites for hydroxylation is 1. The molecule has 0 aromatic carbocycles. The molecular formula is C11H16N2O3S2. The molecule has 5 nitrogen and oxygen atoms in total. The molecule has 100 valence electrons. The first-order chi connectivity index (χ1) is 8.43. The van der Waals surface area contributed by atoms with Crippen LogP contribution >= 0.6 is 11.3 Å². The Balaban J connectivity index is 2.36. The van der Waals surface area contributed by atoms with Gasteiger partial charge in [-0.15, -0.1) is 11.3 Å². The first kappa shape index (κ1) is 13.5. The largest absolute Gasteiger partial charge is 0.355 e. The Kier molecular flexibility index (Phi) is 3.74. The van der Waals surface area contributed by atoms with Crippen LogP contribution in [0.1, 0.15) is 18.9 Å². The summed E-state index contributed by atoms with van der Waals surface area (Å²) in [6.07, 6.45) is 0.639. The molecule has 1 N–H and O–H groups in total. The number of hydrogen-bond donors (Lipinski definition) is 1. The van der Waals surface area contributed by atoms with Gasteiger partial charge in [0.05, 0.1) is 0 Å². The maximum atomic E-state index is 12.5. The molecule has 0 aliphatic carbocycles. The molecule has 1 aromatic rings. The molecule has 0 bridgehead atoms. The molecule has 2 heterocycles. The van der Waals surface area contributed by atoms with Crippen molar-refractivity contribution in [1.82, 2.24) is 9.62 Å². The van der Waals surface area contributed by atoms with Gasteiger partial charge in [-0.05, 0) is 37.3 Å². The van der Waals surface area contributed by atoms with E-state index in [9.17, 15) is 13.2 Å². The van der Waals surface area contributed by atoms with Gasteiger partial charge in [0.25, 0.3) is 10.0 Å². The predicted molar refractivity (Wildman–Crippen MR) is 70.0 cm³/mol. The molecule has 2 rings (SSSR count). The van der Waals surface area contributed by atoms with E-state index >= 15 is 0 Å². The van der Waals surface area contributed by atoms with Crippen LogP contribution in [0, 0.1) is 6.92 Å². The molecule has 1 amide bonds. The van der Waals surface area contributed by atoms with Gasteiger partial charge in [0.15, 0.2) is 0 Å². The molecule has 1 unspecified atom stereocenters. The number of sulfonamides is 1. The first-order valence-corrected chi connectivity index (χ1v) is 8.09. The highest BCUT2D eigenvalue weighted by molar-refractivity contribution is 7.91. The summed E-state index contributed by atoms with van der Waals surface area (Å²) in [5.41, 5.74) is 0.922. The summed E-state index contributed by atoms with van der Waals surface area (Å²) in [5, 5.41) is 4.51. The highest BCUT2D eigenvalue weighted by atomic mass is 32.2. The topological polar surface area (TPSA) is 66.5 Å². The van der Waals surface area contributed by atoms with Crippen molar-refractivity contribution in [3.05, 3.63) is 17.0 Å². The van der Waals surface area contributed by atoms with E-state index in [4.69, 9.17) is 0 Å². The Labute approximate surface area is 111 Å². The van der Waals surface area contributed by atoms with Gasteiger partial charge in [-0.1, -0.05) is 0 Å². The van der Waals surface area contributed by atoms with Crippen molar-refractivity contribution in [2.45, 2.75) is 30.5 Å². The van der Waals surface area contributed by atoms with E-state index in [1.807, 2.05) is 6.92 Å². The minimum absolute atomic E-state index is 0.232. The van der Waals surface area contributed by atoms with Gasteiger partial charge in [0, 0.05) is 13.1 Å². The summed E-state index contributed by atoms with van der Waals surface area (Å²) in [7, 11) is -3.56. The van der Waals surface area contributed by atoms with Crippen molar-refractivity contribution in [2.75, 3.05) is 13.1 Å². The second-order valence-corrected chi connectivity index (χ2v) is 7.41. The molecule has 7 heteroatoms. The summed E-state index contributed by atoms with van der Waals surface area (Å²) in [4.78, 5) is 11.7. The van der Waals surface area contributed by atoms with Crippen molar-refractivity contribution in [3.8, 4) is 0 Å². The average Bonchev–Trinajstić information content (AvgIpc) is 2.67. The molecule has 1 aliphatic rings. The van der Waals surface area contributed by atoms with Crippen LogP contribution in [0.4, 0.5) is 0 Å². The SMILES string of the molecule is Cc1csc(S(=O)(=O)N2CCCNC(=O)C2C)c1. The van der Waals surface area contributed by atoms with Gasteiger partial charge in [-0.25, -0.2) is 8.42 Å². The maximum Gasteiger partial charge on any atom is 0.253 e. The van der Waals surface area contributed by atoms with Crippen molar-refractivity contribution < 1.29 is 13.2 Å². The zero-order chi connectivity index (χ0) is 13.3. The van der Waals surface area contributed by atoms with E-state index in [1.54, 1.807) is 18.4 Å². The van der Waals surface area contributed by atoms with Crippen LogP contribution in [0.25, 0.3) is 0 Å². The number of nitrogens with one attached hydrogen (secondary N) is 1. The van der Waals surface area contributed by atoms with E-state index in [0.717, 1.165) is 5.56 Å². The summed E-state index contributed by atoms with van der Waals surface area (Å²) in [6, 6.07) is 0.995. The van der Waals surface area contributed by atoms with Crippen LogP contribution in [-0.2, 0) is 14.8 Å². The van der Waals surface area contributed by atoms with Crippen molar-refractivity contribution in [1.29, 1.82) is 0 Å². The van der Waals surface area contributed by atoms with E-state index < -0.39 is 16.1 Å². The van der Waals surface area contributed by atoms with E-state index in [1.165, 1.54) is 15.6 Å². The van der Waals surface area contributed by atoms with E-state index in [0.29, 0.717) is 23.7 Å². The number of carbonyl (C=O) groups excluding carboxylic acids is 1. The molecule has 0 spiro atoms. The fraction of sp³-hybridized carbons (Fsp3) is 0.545. The van der Waals surface area contributed by atoms with Gasteiger partial charge in [-0.2, -0.15) is 4.31 Å². The molecule has 1 fully saturated rings. The monoisotopic (exact) mass is 288 g/mol. The number of amides is 1. The van der Waals surface area contributed by atoms with Crippen molar-refractivity contribution in [3.63, 3.8) is 0 Å². The normalized spacial score (nSPS) is 22.6. The van der Waals surface area contributed by atoms with Crippen LogP contribution in [0.15, 0.2) is 15.7 Å². The van der Waals surface area contributed by atoms with Crippen LogP contribution < -0.4 is 5.32 Å². The molecule has 0 saturated carbocycles. The van der Waals surface area contributed by atoms with Crippen molar-refractivity contribution in [2.24, 2.45) is 0 Å². The highest BCUT2D eigenvalue weighted by Gasteiger charge is 2.34. The molecule has 18 heavy (non-hydrogen) atoms. The van der Waals surface area contributed by atoms with Crippen LogP contribution in [-0.4, -0.2) is 37.8 Å². The second-order valence-electron chi connectivity index (χ2n) is 4.38. The lowest BCUT2D eigenvalue weighted by atomic mass is 10.3. The Morgan fingerprint density at radius 3 is 2.83 bits per heavy atom. The Morgan fingerprint density at radius 1 is 1.50 bits per heavy atom. The zero-order valence-electron chi connectivity index (χ0n) is 10.3. The number of carbonyl (C=O) groups is 1. The van der Waals surface area contributed by atoms with E-state index in [-0.39, 0.29) is 5.91 Å². The third-order valence-electron chi connectivity index (χ3n) is 2.94. The Hall–Kier alpha value is -0.920. The fourth-order valence-electron chi connectivity index (χ4n) is 1.90.